The third-order valence-corrected chi connectivity index (χ3v) is 3.28. The summed E-state index contributed by atoms with van der Waals surface area (Å²) in [4.78, 5) is 5.44. The van der Waals surface area contributed by atoms with Gasteiger partial charge in [-0.3, -0.25) is 0 Å². The van der Waals surface area contributed by atoms with Crippen molar-refractivity contribution >= 4 is 22.9 Å². The molecule has 1 aromatic heterocycles. The monoisotopic (exact) mass is 204 g/mol. The molecule has 0 saturated heterocycles. The van der Waals surface area contributed by atoms with Gasteiger partial charge in [0.15, 0.2) is 0 Å². The van der Waals surface area contributed by atoms with Crippen LogP contribution in [-0.2, 0) is 12.8 Å². The summed E-state index contributed by atoms with van der Waals surface area (Å²) >= 11 is 7.65. The predicted octanol–water partition coefficient (Wildman–Crippen LogP) is 2.12. The zero-order chi connectivity index (χ0) is 8.97. The highest BCUT2D eigenvalue weighted by Gasteiger charge is 2.06. The Hall–Kier alpha value is -0.120. The second kappa shape index (κ2) is 4.80. The number of halogens is 1. The number of thiazole rings is 1. The summed E-state index contributed by atoms with van der Waals surface area (Å²) in [6, 6.07) is 0. The molecule has 1 aromatic rings. The molecule has 0 spiro atoms. The third-order valence-electron chi connectivity index (χ3n) is 1.60. The molecule has 12 heavy (non-hydrogen) atoms. The first-order chi connectivity index (χ1) is 5.77. The summed E-state index contributed by atoms with van der Waals surface area (Å²) in [5, 5.41) is 4.91. The zero-order valence-electron chi connectivity index (χ0n) is 7.35. The second-order valence-electron chi connectivity index (χ2n) is 2.53. The van der Waals surface area contributed by atoms with E-state index in [1.54, 1.807) is 11.3 Å². The standard InChI is InChI=1S/C8H13ClN2S/c1-3-7-11-8(9)6(12-7)4-5-10-2/h10H,3-5H2,1-2H3. The Balaban J connectivity index is 2.64. The largest absolute Gasteiger partial charge is 0.319 e. The van der Waals surface area contributed by atoms with Crippen LogP contribution < -0.4 is 5.32 Å². The van der Waals surface area contributed by atoms with E-state index < -0.39 is 0 Å². The van der Waals surface area contributed by atoms with Gasteiger partial charge in [0.1, 0.15) is 5.15 Å². The fourth-order valence-corrected chi connectivity index (χ4v) is 2.18. The molecule has 0 amide bonds. The van der Waals surface area contributed by atoms with Gasteiger partial charge in [-0.25, -0.2) is 4.98 Å². The van der Waals surface area contributed by atoms with Crippen molar-refractivity contribution < 1.29 is 0 Å². The summed E-state index contributed by atoms with van der Waals surface area (Å²) in [6.07, 6.45) is 1.96. The number of aromatic nitrogens is 1. The lowest BCUT2D eigenvalue weighted by atomic mass is 10.4. The van der Waals surface area contributed by atoms with Crippen LogP contribution in [0.2, 0.25) is 5.15 Å². The molecule has 68 valence electrons. The molecule has 0 aliphatic heterocycles. The predicted molar refractivity (Wildman–Crippen MR) is 54.1 cm³/mol. The van der Waals surface area contributed by atoms with Gasteiger partial charge >= 0.3 is 0 Å². The van der Waals surface area contributed by atoms with Crippen LogP contribution in [0, 0.1) is 0 Å². The number of nitrogens with one attached hydrogen (secondary N) is 1. The number of aryl methyl sites for hydroxylation is 1. The van der Waals surface area contributed by atoms with Crippen molar-refractivity contribution in [3.05, 3.63) is 15.0 Å². The fraction of sp³-hybridized carbons (Fsp3) is 0.625. The minimum atomic E-state index is 0.687. The minimum Gasteiger partial charge on any atom is -0.319 e. The smallest absolute Gasteiger partial charge is 0.143 e. The molecule has 0 fully saturated rings. The number of rotatable bonds is 4. The van der Waals surface area contributed by atoms with Gasteiger partial charge in [0.05, 0.1) is 5.01 Å². The van der Waals surface area contributed by atoms with Crippen molar-refractivity contribution in [2.75, 3.05) is 13.6 Å². The highest BCUT2D eigenvalue weighted by Crippen LogP contribution is 2.23. The van der Waals surface area contributed by atoms with E-state index in [-0.39, 0.29) is 0 Å². The maximum absolute atomic E-state index is 5.93. The van der Waals surface area contributed by atoms with Crippen LogP contribution in [0.15, 0.2) is 0 Å². The maximum atomic E-state index is 5.93. The number of hydrogen-bond donors (Lipinski definition) is 1. The van der Waals surface area contributed by atoms with Crippen LogP contribution in [0.3, 0.4) is 0 Å². The second-order valence-corrected chi connectivity index (χ2v) is 4.05. The van der Waals surface area contributed by atoms with E-state index in [0.29, 0.717) is 5.15 Å². The molecule has 0 saturated carbocycles. The van der Waals surface area contributed by atoms with Gasteiger partial charge in [-0.2, -0.15) is 0 Å². The van der Waals surface area contributed by atoms with Crippen LogP contribution in [0.5, 0.6) is 0 Å². The first kappa shape index (κ1) is 9.96. The average Bonchev–Trinajstić information content (AvgIpc) is 2.43. The van der Waals surface area contributed by atoms with E-state index in [0.717, 1.165) is 24.4 Å². The van der Waals surface area contributed by atoms with E-state index >= 15 is 0 Å². The summed E-state index contributed by atoms with van der Waals surface area (Å²) in [5.41, 5.74) is 0. The lowest BCUT2D eigenvalue weighted by Crippen LogP contribution is -2.09. The highest BCUT2D eigenvalue weighted by molar-refractivity contribution is 7.12. The Labute approximate surface area is 82.0 Å². The van der Waals surface area contributed by atoms with Gasteiger partial charge in [-0.05, 0) is 26.4 Å². The van der Waals surface area contributed by atoms with Gasteiger partial charge in [-0.1, -0.05) is 18.5 Å². The van der Waals surface area contributed by atoms with E-state index in [9.17, 15) is 0 Å². The molecule has 1 rings (SSSR count). The molecular formula is C8H13ClN2S. The Morgan fingerprint density at radius 2 is 2.33 bits per heavy atom. The Morgan fingerprint density at radius 1 is 1.58 bits per heavy atom. The molecule has 1 heterocycles. The van der Waals surface area contributed by atoms with Crippen molar-refractivity contribution in [2.45, 2.75) is 19.8 Å². The minimum absolute atomic E-state index is 0.687. The Bertz CT molecular complexity index is 247. The van der Waals surface area contributed by atoms with Crippen molar-refractivity contribution in [3.8, 4) is 0 Å². The van der Waals surface area contributed by atoms with Crippen LogP contribution in [0.25, 0.3) is 0 Å². The Kier molecular flexibility index (Phi) is 3.98. The molecule has 4 heteroatoms. The zero-order valence-corrected chi connectivity index (χ0v) is 8.93. The van der Waals surface area contributed by atoms with E-state index in [1.165, 1.54) is 4.88 Å². The molecule has 0 atom stereocenters. The maximum Gasteiger partial charge on any atom is 0.143 e. The summed E-state index contributed by atoms with van der Waals surface area (Å²) in [6.45, 7) is 3.06. The van der Waals surface area contributed by atoms with Gasteiger partial charge in [0.25, 0.3) is 0 Å². The molecule has 0 unspecified atom stereocenters. The van der Waals surface area contributed by atoms with Gasteiger partial charge in [-0.15, -0.1) is 11.3 Å². The van der Waals surface area contributed by atoms with Crippen molar-refractivity contribution in [2.24, 2.45) is 0 Å². The van der Waals surface area contributed by atoms with Crippen LogP contribution >= 0.6 is 22.9 Å². The van der Waals surface area contributed by atoms with Gasteiger partial charge < -0.3 is 5.32 Å². The Morgan fingerprint density at radius 3 is 2.83 bits per heavy atom. The quantitative estimate of drug-likeness (QED) is 0.813. The summed E-state index contributed by atoms with van der Waals surface area (Å²) in [7, 11) is 1.94. The van der Waals surface area contributed by atoms with E-state index in [4.69, 9.17) is 11.6 Å². The van der Waals surface area contributed by atoms with E-state index in [1.807, 2.05) is 7.05 Å². The molecule has 2 nitrogen and oxygen atoms in total. The lowest BCUT2D eigenvalue weighted by molar-refractivity contribution is 0.798. The molecular weight excluding hydrogens is 192 g/mol. The summed E-state index contributed by atoms with van der Waals surface area (Å²) in [5.74, 6) is 0. The SMILES string of the molecule is CCc1nc(Cl)c(CCNC)s1. The van der Waals surface area contributed by atoms with Crippen LogP contribution in [0.1, 0.15) is 16.8 Å². The van der Waals surface area contributed by atoms with Gasteiger partial charge in [0.2, 0.25) is 0 Å². The van der Waals surface area contributed by atoms with E-state index in [2.05, 4.69) is 17.2 Å². The van der Waals surface area contributed by atoms with Crippen molar-refractivity contribution in [3.63, 3.8) is 0 Å². The normalized spacial score (nSPS) is 10.6. The van der Waals surface area contributed by atoms with Crippen molar-refractivity contribution in [1.29, 1.82) is 0 Å². The molecule has 0 radical (unpaired) electrons. The lowest BCUT2D eigenvalue weighted by Gasteiger charge is -1.94. The molecule has 0 aromatic carbocycles. The molecule has 0 aliphatic rings. The highest BCUT2D eigenvalue weighted by atomic mass is 35.5. The third kappa shape index (κ3) is 2.44. The van der Waals surface area contributed by atoms with Crippen molar-refractivity contribution in [1.82, 2.24) is 10.3 Å². The molecule has 0 bridgehead atoms. The first-order valence-electron chi connectivity index (χ1n) is 4.06. The first-order valence-corrected chi connectivity index (χ1v) is 5.26. The number of hydrogen-bond acceptors (Lipinski definition) is 3. The van der Waals surface area contributed by atoms with Crippen LogP contribution in [0.4, 0.5) is 0 Å². The number of nitrogens with zero attached hydrogens (tertiary/aromatic N) is 1. The summed E-state index contributed by atoms with van der Waals surface area (Å²) < 4.78 is 0. The fourth-order valence-electron chi connectivity index (χ4n) is 0.923. The van der Waals surface area contributed by atoms with Gasteiger partial charge in [0, 0.05) is 4.88 Å². The molecule has 0 aliphatic carbocycles. The average molecular weight is 205 g/mol. The number of likely N-dealkylation sites (N-methyl/N-ethyl adjacent to an activating group) is 1. The molecule has 1 N–H and O–H groups in total. The van der Waals surface area contributed by atoms with Crippen LogP contribution in [-0.4, -0.2) is 18.6 Å². The topological polar surface area (TPSA) is 24.9 Å².